The first-order chi connectivity index (χ1) is 26.8. The van der Waals surface area contributed by atoms with Crippen LogP contribution in [0.1, 0.15) is 22.3 Å². The number of hydrogen-bond donors (Lipinski definition) is 0. The van der Waals surface area contributed by atoms with Gasteiger partial charge >= 0.3 is 0 Å². The highest BCUT2D eigenvalue weighted by molar-refractivity contribution is 6.05. The molecule has 252 valence electrons. The van der Waals surface area contributed by atoms with Gasteiger partial charge in [0.2, 0.25) is 0 Å². The Morgan fingerprint density at radius 1 is 0.278 bits per heavy atom. The Hall–Kier alpha value is -6.96. The van der Waals surface area contributed by atoms with Crippen molar-refractivity contribution >= 4 is 27.8 Å². The summed E-state index contributed by atoms with van der Waals surface area (Å²) in [6.07, 6.45) is 0. The summed E-state index contributed by atoms with van der Waals surface area (Å²) in [5.41, 5.74) is 18.6. The van der Waals surface area contributed by atoms with Gasteiger partial charge in [0.05, 0.1) is 11.1 Å². The average molecular weight is 686 g/mol. The molecule has 0 aliphatic heterocycles. The molecule has 1 spiro atoms. The van der Waals surface area contributed by atoms with E-state index in [1.807, 2.05) is 0 Å². The molecule has 0 fully saturated rings. The maximum Gasteiger partial charge on any atom is 0.0726 e. The predicted molar refractivity (Wildman–Crippen MR) is 226 cm³/mol. The molecule has 0 unspecified atom stereocenters. The van der Waals surface area contributed by atoms with E-state index in [2.05, 4.69) is 217 Å². The van der Waals surface area contributed by atoms with Crippen LogP contribution in [0.5, 0.6) is 0 Å². The molecule has 0 radical (unpaired) electrons. The lowest BCUT2D eigenvalue weighted by Gasteiger charge is -2.31. The largest absolute Gasteiger partial charge is 0.310 e. The summed E-state index contributed by atoms with van der Waals surface area (Å²) in [4.78, 5) is 2.45. The Labute approximate surface area is 316 Å². The van der Waals surface area contributed by atoms with Crippen LogP contribution >= 0.6 is 0 Å². The highest BCUT2D eigenvalue weighted by Gasteiger charge is 2.52. The molecule has 0 saturated heterocycles. The van der Waals surface area contributed by atoms with Gasteiger partial charge in [0.25, 0.3) is 0 Å². The van der Waals surface area contributed by atoms with Crippen molar-refractivity contribution in [2.75, 3.05) is 4.90 Å². The third-order valence-electron chi connectivity index (χ3n) is 11.7. The van der Waals surface area contributed by atoms with Gasteiger partial charge in [-0.15, -0.1) is 0 Å². The van der Waals surface area contributed by atoms with E-state index in [0.29, 0.717) is 0 Å². The second kappa shape index (κ2) is 12.0. The van der Waals surface area contributed by atoms with Gasteiger partial charge in [-0.05, 0) is 102 Å². The number of benzene rings is 9. The Balaban J connectivity index is 1.10. The van der Waals surface area contributed by atoms with E-state index >= 15 is 0 Å². The van der Waals surface area contributed by atoms with Gasteiger partial charge < -0.3 is 4.90 Å². The molecule has 1 heteroatoms. The summed E-state index contributed by atoms with van der Waals surface area (Å²) in [5.74, 6) is 0. The summed E-state index contributed by atoms with van der Waals surface area (Å²) < 4.78 is 0. The summed E-state index contributed by atoms with van der Waals surface area (Å²) >= 11 is 0. The molecular formula is C53H35N. The van der Waals surface area contributed by atoms with Crippen molar-refractivity contribution in [2.45, 2.75) is 5.41 Å². The highest BCUT2D eigenvalue weighted by atomic mass is 15.1. The lowest BCUT2D eigenvalue weighted by Crippen LogP contribution is -2.26. The maximum atomic E-state index is 2.45. The molecule has 0 aromatic heterocycles. The average Bonchev–Trinajstić information content (AvgIpc) is 3.72. The first-order valence-corrected chi connectivity index (χ1v) is 18.8. The molecule has 11 rings (SSSR count). The van der Waals surface area contributed by atoms with Crippen molar-refractivity contribution in [1.29, 1.82) is 0 Å². The Kier molecular flexibility index (Phi) is 6.84. The Morgan fingerprint density at radius 3 is 1.33 bits per heavy atom. The van der Waals surface area contributed by atoms with Gasteiger partial charge in [-0.1, -0.05) is 182 Å². The lowest BCUT2D eigenvalue weighted by atomic mass is 9.70. The predicted octanol–water partition coefficient (Wildman–Crippen LogP) is 14.0. The third-order valence-corrected chi connectivity index (χ3v) is 11.7. The number of para-hydroxylation sites is 1. The van der Waals surface area contributed by atoms with Gasteiger partial charge in [0, 0.05) is 16.9 Å². The molecule has 0 N–H and O–H groups in total. The molecule has 0 saturated carbocycles. The number of anilines is 3. The first kappa shape index (κ1) is 30.6. The van der Waals surface area contributed by atoms with Gasteiger partial charge in [0.1, 0.15) is 0 Å². The summed E-state index contributed by atoms with van der Waals surface area (Å²) in [6, 6.07) is 78.1. The highest BCUT2D eigenvalue weighted by Crippen LogP contribution is 2.64. The topological polar surface area (TPSA) is 3.24 Å². The molecule has 2 aliphatic rings. The minimum atomic E-state index is -0.395. The second-order valence-corrected chi connectivity index (χ2v) is 14.4. The van der Waals surface area contributed by atoms with Crippen LogP contribution < -0.4 is 4.90 Å². The van der Waals surface area contributed by atoms with Crippen LogP contribution in [0.3, 0.4) is 0 Å². The monoisotopic (exact) mass is 685 g/mol. The van der Waals surface area contributed by atoms with E-state index < -0.39 is 5.41 Å². The van der Waals surface area contributed by atoms with Crippen molar-refractivity contribution in [3.05, 3.63) is 235 Å². The first-order valence-electron chi connectivity index (χ1n) is 18.8. The standard InChI is InChI=1S/C53H35N/c1-3-16-36(17-4-1)40-34-35-41(43-21-8-7-20-42(40)43)37-30-32-39(33-31-37)54(38-18-5-2-6-19-38)51-29-15-28-50-52(51)46-24-11-14-27-49(46)53(50)47-25-12-9-22-44(47)45-23-10-13-26-48(45)53/h1-35H. The molecule has 0 amide bonds. The minimum absolute atomic E-state index is 0.395. The van der Waals surface area contributed by atoms with Gasteiger partial charge in [-0.3, -0.25) is 0 Å². The van der Waals surface area contributed by atoms with Gasteiger partial charge in [-0.2, -0.15) is 0 Å². The van der Waals surface area contributed by atoms with Crippen LogP contribution in [-0.2, 0) is 5.41 Å². The van der Waals surface area contributed by atoms with Crippen molar-refractivity contribution in [1.82, 2.24) is 0 Å². The number of nitrogens with zero attached hydrogens (tertiary/aromatic N) is 1. The fourth-order valence-corrected chi connectivity index (χ4v) is 9.53. The fourth-order valence-electron chi connectivity index (χ4n) is 9.53. The number of fused-ring (bicyclic) bond motifs is 11. The molecule has 9 aromatic rings. The molecule has 1 nitrogen and oxygen atoms in total. The maximum absolute atomic E-state index is 2.45. The molecule has 0 heterocycles. The Bertz CT molecular complexity index is 2820. The molecule has 0 atom stereocenters. The summed E-state index contributed by atoms with van der Waals surface area (Å²) in [7, 11) is 0. The van der Waals surface area contributed by atoms with Gasteiger partial charge in [-0.25, -0.2) is 0 Å². The lowest BCUT2D eigenvalue weighted by molar-refractivity contribution is 0.794. The Morgan fingerprint density at radius 2 is 0.722 bits per heavy atom. The normalized spacial score (nSPS) is 13.0. The number of hydrogen-bond acceptors (Lipinski definition) is 1. The van der Waals surface area contributed by atoms with E-state index in [1.54, 1.807) is 0 Å². The zero-order valence-corrected chi connectivity index (χ0v) is 29.7. The van der Waals surface area contributed by atoms with Crippen LogP contribution in [0.4, 0.5) is 17.1 Å². The molecule has 0 bridgehead atoms. The zero-order chi connectivity index (χ0) is 35.6. The molecule has 2 aliphatic carbocycles. The SMILES string of the molecule is c1ccc(-c2ccc(-c3ccc(N(c4ccccc4)c4cccc5c4-c4ccccc4C54c5ccccc5-c5ccccc54)cc3)c3ccccc23)cc1. The quantitative estimate of drug-likeness (QED) is 0.174. The zero-order valence-electron chi connectivity index (χ0n) is 29.7. The van der Waals surface area contributed by atoms with Crippen molar-refractivity contribution < 1.29 is 0 Å². The smallest absolute Gasteiger partial charge is 0.0726 e. The van der Waals surface area contributed by atoms with Crippen LogP contribution in [0, 0.1) is 0 Å². The van der Waals surface area contributed by atoms with Crippen LogP contribution in [-0.4, -0.2) is 0 Å². The van der Waals surface area contributed by atoms with E-state index in [4.69, 9.17) is 0 Å². The molecule has 54 heavy (non-hydrogen) atoms. The van der Waals surface area contributed by atoms with Crippen LogP contribution in [0.2, 0.25) is 0 Å². The fraction of sp³-hybridized carbons (Fsp3) is 0.0189. The summed E-state index contributed by atoms with van der Waals surface area (Å²) in [6.45, 7) is 0. The van der Waals surface area contributed by atoms with Crippen LogP contribution in [0.15, 0.2) is 212 Å². The van der Waals surface area contributed by atoms with Gasteiger partial charge in [0.15, 0.2) is 0 Å². The molecule has 9 aromatic carbocycles. The van der Waals surface area contributed by atoms with E-state index in [-0.39, 0.29) is 0 Å². The minimum Gasteiger partial charge on any atom is -0.310 e. The van der Waals surface area contributed by atoms with Crippen molar-refractivity contribution in [2.24, 2.45) is 0 Å². The third kappa shape index (κ3) is 4.33. The van der Waals surface area contributed by atoms with Crippen molar-refractivity contribution in [3.8, 4) is 44.5 Å². The van der Waals surface area contributed by atoms with E-state index in [0.717, 1.165) is 11.4 Å². The summed E-state index contributed by atoms with van der Waals surface area (Å²) in [5, 5.41) is 2.52. The van der Waals surface area contributed by atoms with E-state index in [9.17, 15) is 0 Å². The van der Waals surface area contributed by atoms with Crippen LogP contribution in [0.25, 0.3) is 55.3 Å². The second-order valence-electron chi connectivity index (χ2n) is 14.4. The molecular weight excluding hydrogens is 651 g/mol. The van der Waals surface area contributed by atoms with E-state index in [1.165, 1.54) is 83.2 Å². The number of rotatable bonds is 5. The van der Waals surface area contributed by atoms with Crippen molar-refractivity contribution in [3.63, 3.8) is 0 Å².